The van der Waals surface area contributed by atoms with E-state index in [2.05, 4.69) is 72.2 Å². The van der Waals surface area contributed by atoms with E-state index in [1.165, 1.54) is 22.3 Å². The number of aryl methyl sites for hydroxylation is 2. The lowest BCUT2D eigenvalue weighted by Gasteiger charge is -2.44. The highest BCUT2D eigenvalue weighted by Gasteiger charge is 2.30. The van der Waals surface area contributed by atoms with Crippen LogP contribution in [0.15, 0.2) is 72.8 Å². The lowest BCUT2D eigenvalue weighted by molar-refractivity contribution is -0.00910. The van der Waals surface area contributed by atoms with E-state index in [1.54, 1.807) is 12.1 Å². The fourth-order valence-corrected chi connectivity index (χ4v) is 4.20. The summed E-state index contributed by atoms with van der Waals surface area (Å²) in [5.41, 5.74) is 6.39. The third-order valence-corrected chi connectivity index (χ3v) is 5.76. The zero-order chi connectivity index (χ0) is 20.2. The summed E-state index contributed by atoms with van der Waals surface area (Å²) in [6.45, 7) is 8.13. The number of hydrogen-bond donors (Lipinski definition) is 0. The maximum atomic E-state index is 13.4. The highest BCUT2D eigenvalue weighted by Crippen LogP contribution is 2.32. The summed E-state index contributed by atoms with van der Waals surface area (Å²) >= 11 is 0. The van der Waals surface area contributed by atoms with Gasteiger partial charge in [0, 0.05) is 26.2 Å². The Balaban J connectivity index is 1.62. The van der Waals surface area contributed by atoms with Gasteiger partial charge in [-0.2, -0.15) is 0 Å². The van der Waals surface area contributed by atoms with Gasteiger partial charge in [0.1, 0.15) is 5.82 Å². The first-order valence-corrected chi connectivity index (χ1v) is 10.4. The number of halogens is 1. The first kappa shape index (κ1) is 19.8. The van der Waals surface area contributed by atoms with Gasteiger partial charge >= 0.3 is 0 Å². The van der Waals surface area contributed by atoms with Crippen molar-refractivity contribution in [2.75, 3.05) is 13.1 Å². The third kappa shape index (κ3) is 4.92. The highest BCUT2D eigenvalue weighted by atomic mass is 19.1. The van der Waals surface area contributed by atoms with E-state index < -0.39 is 0 Å². The van der Waals surface area contributed by atoms with Crippen molar-refractivity contribution in [1.29, 1.82) is 0 Å². The SMILES string of the molecule is Cc1ccc(CN2CCCN(Cc3ccc(F)cc3)[C@H]2c2ccc(C)cc2)cc1. The molecule has 150 valence electrons. The zero-order valence-electron chi connectivity index (χ0n) is 17.3. The molecule has 1 aliphatic rings. The fourth-order valence-electron chi connectivity index (χ4n) is 4.20. The topological polar surface area (TPSA) is 6.48 Å². The van der Waals surface area contributed by atoms with Crippen molar-refractivity contribution in [2.45, 2.75) is 39.5 Å². The number of hydrogen-bond acceptors (Lipinski definition) is 2. The molecule has 3 heteroatoms. The van der Waals surface area contributed by atoms with E-state index in [0.717, 1.165) is 38.2 Å². The van der Waals surface area contributed by atoms with Crippen LogP contribution in [0.1, 0.15) is 40.4 Å². The molecule has 1 saturated heterocycles. The molecule has 0 N–H and O–H groups in total. The Labute approximate surface area is 173 Å². The van der Waals surface area contributed by atoms with Crippen LogP contribution in [0, 0.1) is 19.7 Å². The van der Waals surface area contributed by atoms with Crippen molar-refractivity contribution in [3.8, 4) is 0 Å². The van der Waals surface area contributed by atoms with Crippen LogP contribution < -0.4 is 0 Å². The lowest BCUT2D eigenvalue weighted by atomic mass is 10.0. The quantitative estimate of drug-likeness (QED) is 0.541. The molecule has 0 unspecified atom stereocenters. The first-order valence-electron chi connectivity index (χ1n) is 10.4. The van der Waals surface area contributed by atoms with Gasteiger partial charge in [0.25, 0.3) is 0 Å². The van der Waals surface area contributed by atoms with E-state index in [9.17, 15) is 4.39 Å². The number of benzene rings is 3. The molecular formula is C26H29FN2. The summed E-state index contributed by atoms with van der Waals surface area (Å²) in [7, 11) is 0. The van der Waals surface area contributed by atoms with Crippen LogP contribution >= 0.6 is 0 Å². The molecule has 0 saturated carbocycles. The molecule has 4 rings (SSSR count). The highest BCUT2D eigenvalue weighted by molar-refractivity contribution is 5.26. The molecule has 0 radical (unpaired) electrons. The molecule has 1 atom stereocenters. The average molecular weight is 389 g/mol. The Kier molecular flexibility index (Phi) is 6.08. The van der Waals surface area contributed by atoms with Gasteiger partial charge in [-0.1, -0.05) is 71.8 Å². The summed E-state index contributed by atoms with van der Waals surface area (Å²) in [6, 6.07) is 24.7. The van der Waals surface area contributed by atoms with Crippen LogP contribution in [0.5, 0.6) is 0 Å². The summed E-state index contributed by atoms with van der Waals surface area (Å²) < 4.78 is 13.4. The Bertz CT molecular complexity index is 861. The standard InChI is InChI=1S/C26H29FN2/c1-20-4-8-22(9-5-20)18-28-16-3-17-29(19-23-10-14-25(27)15-11-23)26(28)24-12-6-21(2)7-13-24/h4-15,26H,3,16-19H2,1-2H3/t26-/m0/s1. The predicted octanol–water partition coefficient (Wildman–Crippen LogP) is 5.85. The normalized spacial score (nSPS) is 18.1. The second-order valence-corrected chi connectivity index (χ2v) is 8.19. The van der Waals surface area contributed by atoms with Gasteiger partial charge < -0.3 is 0 Å². The minimum atomic E-state index is -0.177. The van der Waals surface area contributed by atoms with Crippen LogP contribution in [-0.4, -0.2) is 22.9 Å². The van der Waals surface area contributed by atoms with Gasteiger partial charge in [0.05, 0.1) is 6.17 Å². The average Bonchev–Trinajstić information content (AvgIpc) is 2.73. The van der Waals surface area contributed by atoms with Crippen molar-refractivity contribution < 1.29 is 4.39 Å². The molecule has 0 aliphatic carbocycles. The van der Waals surface area contributed by atoms with Gasteiger partial charge in [-0.3, -0.25) is 9.80 Å². The van der Waals surface area contributed by atoms with Gasteiger partial charge in [0.15, 0.2) is 0 Å². The van der Waals surface area contributed by atoms with E-state index in [-0.39, 0.29) is 12.0 Å². The van der Waals surface area contributed by atoms with Gasteiger partial charge in [-0.05, 0) is 49.1 Å². The van der Waals surface area contributed by atoms with Crippen molar-refractivity contribution in [3.05, 3.63) is 106 Å². The minimum Gasteiger partial charge on any atom is -0.280 e. The fraction of sp³-hybridized carbons (Fsp3) is 0.308. The van der Waals surface area contributed by atoms with Crippen LogP contribution in [0.3, 0.4) is 0 Å². The molecule has 0 aromatic heterocycles. The van der Waals surface area contributed by atoms with E-state index in [4.69, 9.17) is 0 Å². The lowest BCUT2D eigenvalue weighted by Crippen LogP contribution is -2.46. The van der Waals surface area contributed by atoms with E-state index in [1.807, 2.05) is 12.1 Å². The number of rotatable bonds is 5. The van der Waals surface area contributed by atoms with Gasteiger partial charge in [0.2, 0.25) is 0 Å². The van der Waals surface area contributed by atoms with E-state index in [0.29, 0.717) is 0 Å². The Morgan fingerprint density at radius 1 is 0.690 bits per heavy atom. The van der Waals surface area contributed by atoms with Crippen molar-refractivity contribution >= 4 is 0 Å². The molecule has 0 spiro atoms. The van der Waals surface area contributed by atoms with Crippen LogP contribution in [0.25, 0.3) is 0 Å². The molecule has 3 aromatic rings. The Morgan fingerprint density at radius 2 is 1.14 bits per heavy atom. The molecule has 0 amide bonds. The summed E-state index contributed by atoms with van der Waals surface area (Å²) in [5, 5.41) is 0. The second kappa shape index (κ2) is 8.89. The maximum absolute atomic E-state index is 13.4. The van der Waals surface area contributed by atoms with Gasteiger partial charge in [-0.15, -0.1) is 0 Å². The van der Waals surface area contributed by atoms with Crippen molar-refractivity contribution in [2.24, 2.45) is 0 Å². The molecule has 1 aliphatic heterocycles. The molecule has 0 bridgehead atoms. The summed E-state index contributed by atoms with van der Waals surface area (Å²) in [5.74, 6) is -0.177. The van der Waals surface area contributed by atoms with Crippen molar-refractivity contribution in [3.63, 3.8) is 0 Å². The smallest absolute Gasteiger partial charge is 0.123 e. The monoisotopic (exact) mass is 388 g/mol. The molecule has 1 fully saturated rings. The maximum Gasteiger partial charge on any atom is 0.123 e. The number of nitrogens with zero attached hydrogens (tertiary/aromatic N) is 2. The van der Waals surface area contributed by atoms with Crippen LogP contribution in [0.2, 0.25) is 0 Å². The third-order valence-electron chi connectivity index (χ3n) is 5.76. The Hall–Kier alpha value is -2.49. The predicted molar refractivity (Wildman–Crippen MR) is 117 cm³/mol. The van der Waals surface area contributed by atoms with Gasteiger partial charge in [-0.25, -0.2) is 4.39 Å². The molecule has 1 heterocycles. The minimum absolute atomic E-state index is 0.177. The van der Waals surface area contributed by atoms with Crippen molar-refractivity contribution in [1.82, 2.24) is 9.80 Å². The van der Waals surface area contributed by atoms with E-state index >= 15 is 0 Å². The largest absolute Gasteiger partial charge is 0.280 e. The van der Waals surface area contributed by atoms with Crippen LogP contribution in [-0.2, 0) is 13.1 Å². The van der Waals surface area contributed by atoms with Crippen LogP contribution in [0.4, 0.5) is 4.39 Å². The first-order chi connectivity index (χ1) is 14.1. The Morgan fingerprint density at radius 3 is 1.66 bits per heavy atom. The molecule has 29 heavy (non-hydrogen) atoms. The molecule has 2 nitrogen and oxygen atoms in total. The second-order valence-electron chi connectivity index (χ2n) is 8.19. The summed E-state index contributed by atoms with van der Waals surface area (Å²) in [6.07, 6.45) is 1.35. The summed E-state index contributed by atoms with van der Waals surface area (Å²) in [4.78, 5) is 5.10. The molecular weight excluding hydrogens is 359 g/mol. The molecule has 3 aromatic carbocycles. The zero-order valence-corrected chi connectivity index (χ0v) is 17.3.